The molecule has 0 radical (unpaired) electrons. The van der Waals surface area contributed by atoms with E-state index < -0.39 is 15.8 Å². The SMILES string of the molecule is CCCN(C)c1nn(CC(=O)OCC)c(N)c1S(C)(=O)=O. The van der Waals surface area contributed by atoms with Gasteiger partial charge in [-0.15, -0.1) is 0 Å². The van der Waals surface area contributed by atoms with Gasteiger partial charge in [0.15, 0.2) is 20.6 Å². The van der Waals surface area contributed by atoms with E-state index in [0.717, 1.165) is 17.4 Å². The average Bonchev–Trinajstić information content (AvgIpc) is 2.67. The normalized spacial score (nSPS) is 11.4. The number of aromatic nitrogens is 2. The van der Waals surface area contributed by atoms with Crippen LogP contribution in [0.1, 0.15) is 20.3 Å². The topological polar surface area (TPSA) is 108 Å². The molecule has 0 aliphatic rings. The highest BCUT2D eigenvalue weighted by atomic mass is 32.2. The van der Waals surface area contributed by atoms with Gasteiger partial charge in [-0.05, 0) is 13.3 Å². The molecule has 0 unspecified atom stereocenters. The summed E-state index contributed by atoms with van der Waals surface area (Å²) in [6, 6.07) is 0. The van der Waals surface area contributed by atoms with Gasteiger partial charge in [0, 0.05) is 19.8 Å². The molecule has 1 rings (SSSR count). The lowest BCUT2D eigenvalue weighted by atomic mass is 10.4. The smallest absolute Gasteiger partial charge is 0.327 e. The van der Waals surface area contributed by atoms with Gasteiger partial charge in [-0.1, -0.05) is 6.92 Å². The summed E-state index contributed by atoms with van der Waals surface area (Å²) in [5.74, 6) is -0.318. The number of esters is 1. The molecule has 21 heavy (non-hydrogen) atoms. The number of nitrogens with zero attached hydrogens (tertiary/aromatic N) is 3. The fraction of sp³-hybridized carbons (Fsp3) is 0.667. The lowest BCUT2D eigenvalue weighted by molar-refractivity contribution is -0.144. The molecule has 120 valence electrons. The van der Waals surface area contributed by atoms with Gasteiger partial charge in [-0.25, -0.2) is 13.1 Å². The Morgan fingerprint density at radius 3 is 2.52 bits per heavy atom. The summed E-state index contributed by atoms with van der Waals surface area (Å²) in [6.45, 7) is 4.30. The Morgan fingerprint density at radius 1 is 1.43 bits per heavy atom. The Hall–Kier alpha value is -1.77. The van der Waals surface area contributed by atoms with E-state index >= 15 is 0 Å². The summed E-state index contributed by atoms with van der Waals surface area (Å²) in [4.78, 5) is 13.2. The van der Waals surface area contributed by atoms with Crippen molar-refractivity contribution in [1.82, 2.24) is 9.78 Å². The van der Waals surface area contributed by atoms with E-state index in [0.29, 0.717) is 6.54 Å². The van der Waals surface area contributed by atoms with E-state index in [4.69, 9.17) is 10.5 Å². The lowest BCUT2D eigenvalue weighted by Gasteiger charge is -2.16. The first-order valence-corrected chi connectivity index (χ1v) is 8.54. The molecule has 0 aliphatic carbocycles. The molecule has 8 nitrogen and oxygen atoms in total. The molecule has 0 spiro atoms. The Kier molecular flexibility index (Phi) is 5.59. The van der Waals surface area contributed by atoms with Crippen molar-refractivity contribution >= 4 is 27.4 Å². The van der Waals surface area contributed by atoms with E-state index in [1.807, 2.05) is 6.92 Å². The van der Waals surface area contributed by atoms with Crippen LogP contribution in [0.5, 0.6) is 0 Å². The van der Waals surface area contributed by atoms with Crippen LogP contribution in [0.3, 0.4) is 0 Å². The van der Waals surface area contributed by atoms with Crippen molar-refractivity contribution in [1.29, 1.82) is 0 Å². The standard InChI is InChI=1S/C12H22N4O4S/c1-5-7-15(3)12-10(21(4,18)19)11(13)16(14-12)8-9(17)20-6-2/h5-8,13H2,1-4H3. The third-order valence-corrected chi connectivity index (χ3v) is 3.94. The zero-order chi connectivity index (χ0) is 16.2. The Morgan fingerprint density at radius 2 is 2.05 bits per heavy atom. The summed E-state index contributed by atoms with van der Waals surface area (Å²) < 4.78 is 29.9. The molecule has 1 heterocycles. The fourth-order valence-corrected chi connectivity index (χ4v) is 2.96. The third-order valence-electron chi connectivity index (χ3n) is 2.80. The van der Waals surface area contributed by atoms with Crippen molar-refractivity contribution < 1.29 is 17.9 Å². The number of hydrogen-bond acceptors (Lipinski definition) is 7. The van der Waals surface area contributed by atoms with E-state index in [1.54, 1.807) is 18.9 Å². The molecule has 0 amide bonds. The van der Waals surface area contributed by atoms with Crippen molar-refractivity contribution in [3.05, 3.63) is 0 Å². The second-order valence-corrected chi connectivity index (χ2v) is 6.65. The molecule has 0 atom stereocenters. The molecular formula is C12H22N4O4S. The van der Waals surface area contributed by atoms with Crippen molar-refractivity contribution in [2.45, 2.75) is 31.7 Å². The van der Waals surface area contributed by atoms with Gasteiger partial charge in [0.25, 0.3) is 0 Å². The van der Waals surface area contributed by atoms with Gasteiger partial charge in [-0.3, -0.25) is 4.79 Å². The number of carbonyl (C=O) groups excluding carboxylic acids is 1. The number of hydrogen-bond donors (Lipinski definition) is 1. The number of sulfone groups is 1. The maximum absolute atomic E-state index is 11.9. The summed E-state index contributed by atoms with van der Waals surface area (Å²) in [6.07, 6.45) is 1.89. The van der Waals surface area contributed by atoms with E-state index in [9.17, 15) is 13.2 Å². The molecule has 1 aromatic rings. The quantitative estimate of drug-likeness (QED) is 0.719. The molecule has 1 aromatic heterocycles. The van der Waals surface area contributed by atoms with Crippen LogP contribution in [-0.4, -0.2) is 50.6 Å². The minimum absolute atomic E-state index is 0.0523. The Bertz CT molecular complexity index is 609. The Labute approximate surface area is 124 Å². The van der Waals surface area contributed by atoms with Gasteiger partial charge in [0.1, 0.15) is 12.4 Å². The first-order valence-electron chi connectivity index (χ1n) is 6.65. The average molecular weight is 318 g/mol. The van der Waals surface area contributed by atoms with Crippen LogP contribution >= 0.6 is 0 Å². The second-order valence-electron chi connectivity index (χ2n) is 4.69. The number of anilines is 2. The number of nitrogen functional groups attached to an aromatic ring is 1. The molecule has 0 saturated carbocycles. The van der Waals surface area contributed by atoms with Crippen LogP contribution in [0, 0.1) is 0 Å². The summed E-state index contributed by atoms with van der Waals surface area (Å²) >= 11 is 0. The van der Waals surface area contributed by atoms with Crippen molar-refractivity contribution in [3.8, 4) is 0 Å². The summed E-state index contributed by atoms with van der Waals surface area (Å²) in [5.41, 5.74) is 5.86. The maximum atomic E-state index is 11.9. The van der Waals surface area contributed by atoms with Crippen LogP contribution in [0.25, 0.3) is 0 Å². The zero-order valence-corrected chi connectivity index (χ0v) is 13.6. The molecule has 2 N–H and O–H groups in total. The maximum Gasteiger partial charge on any atom is 0.327 e. The summed E-state index contributed by atoms with van der Waals surface area (Å²) in [7, 11) is -1.83. The predicted molar refractivity (Wildman–Crippen MR) is 79.9 cm³/mol. The van der Waals surface area contributed by atoms with Gasteiger partial charge < -0.3 is 15.4 Å². The number of rotatable bonds is 7. The van der Waals surface area contributed by atoms with Gasteiger partial charge >= 0.3 is 5.97 Å². The van der Waals surface area contributed by atoms with Gasteiger partial charge in [0.2, 0.25) is 0 Å². The van der Waals surface area contributed by atoms with Gasteiger partial charge in [0.05, 0.1) is 6.61 Å². The van der Waals surface area contributed by atoms with E-state index in [2.05, 4.69) is 5.10 Å². The van der Waals surface area contributed by atoms with Crippen LogP contribution in [0.15, 0.2) is 4.90 Å². The molecule has 0 saturated heterocycles. The van der Waals surface area contributed by atoms with Crippen molar-refractivity contribution in [2.24, 2.45) is 0 Å². The molecule has 0 aromatic carbocycles. The van der Waals surface area contributed by atoms with E-state index in [1.165, 1.54) is 0 Å². The van der Waals surface area contributed by atoms with Gasteiger partial charge in [-0.2, -0.15) is 5.10 Å². The fourth-order valence-electron chi connectivity index (χ4n) is 1.94. The highest BCUT2D eigenvalue weighted by Gasteiger charge is 2.27. The first kappa shape index (κ1) is 17.3. The van der Waals surface area contributed by atoms with Crippen molar-refractivity contribution in [2.75, 3.05) is 37.1 Å². The zero-order valence-electron chi connectivity index (χ0n) is 12.8. The van der Waals surface area contributed by atoms with Crippen molar-refractivity contribution in [3.63, 3.8) is 0 Å². The highest BCUT2D eigenvalue weighted by molar-refractivity contribution is 7.91. The minimum atomic E-state index is -3.56. The molecule has 0 aliphatic heterocycles. The molecule has 0 fully saturated rings. The summed E-state index contributed by atoms with van der Waals surface area (Å²) in [5, 5.41) is 4.15. The number of nitrogens with two attached hydrogens (primary N) is 1. The first-order chi connectivity index (χ1) is 9.72. The molecule has 9 heteroatoms. The molecular weight excluding hydrogens is 296 g/mol. The predicted octanol–water partition coefficient (Wildman–Crippen LogP) is 0.278. The van der Waals surface area contributed by atoms with Crippen LogP contribution < -0.4 is 10.6 Å². The number of ether oxygens (including phenoxy) is 1. The second kappa shape index (κ2) is 6.79. The molecule has 0 bridgehead atoms. The van der Waals surface area contributed by atoms with Crippen LogP contribution in [0.2, 0.25) is 0 Å². The monoisotopic (exact) mass is 318 g/mol. The Balaban J connectivity index is 3.27. The van der Waals surface area contributed by atoms with Crippen LogP contribution in [-0.2, 0) is 25.9 Å². The van der Waals surface area contributed by atoms with E-state index in [-0.39, 0.29) is 29.7 Å². The lowest BCUT2D eigenvalue weighted by Crippen LogP contribution is -2.21. The minimum Gasteiger partial charge on any atom is -0.465 e. The number of carbonyl (C=O) groups is 1. The highest BCUT2D eigenvalue weighted by Crippen LogP contribution is 2.29. The third kappa shape index (κ3) is 4.10. The largest absolute Gasteiger partial charge is 0.465 e. The van der Waals surface area contributed by atoms with Crippen LogP contribution in [0.4, 0.5) is 11.6 Å².